The highest BCUT2D eigenvalue weighted by Crippen LogP contribution is 2.15. The molecule has 1 aliphatic rings. The van der Waals surface area contributed by atoms with Crippen LogP contribution in [0.1, 0.15) is 38.5 Å². The molecule has 0 saturated heterocycles. The van der Waals surface area contributed by atoms with Crippen molar-refractivity contribution in [3.63, 3.8) is 0 Å². The van der Waals surface area contributed by atoms with Crippen LogP contribution in [-0.4, -0.2) is 17.0 Å². The highest BCUT2D eigenvalue weighted by Gasteiger charge is 2.15. The molecule has 0 fully saturated rings. The molecule has 2 N–H and O–H groups in total. The SMILES string of the molecule is O/N=C1\CC/C=C/CC/C=C/CC[C@H]1Nc1ccccc1. The predicted molar refractivity (Wildman–Crippen MR) is 89.1 cm³/mol. The van der Waals surface area contributed by atoms with Gasteiger partial charge >= 0.3 is 0 Å². The number of nitrogens with zero attached hydrogens (tertiary/aromatic N) is 1. The van der Waals surface area contributed by atoms with Crippen LogP contribution >= 0.6 is 0 Å². The molecule has 3 heteroatoms. The molecule has 0 amide bonds. The topological polar surface area (TPSA) is 44.6 Å². The number of benzene rings is 1. The van der Waals surface area contributed by atoms with E-state index in [-0.39, 0.29) is 6.04 Å². The number of nitrogens with one attached hydrogen (secondary N) is 1. The van der Waals surface area contributed by atoms with Gasteiger partial charge in [0.25, 0.3) is 0 Å². The summed E-state index contributed by atoms with van der Waals surface area (Å²) in [6.45, 7) is 0. The summed E-state index contributed by atoms with van der Waals surface area (Å²) in [6.07, 6.45) is 14.7. The van der Waals surface area contributed by atoms with Crippen LogP contribution in [0.25, 0.3) is 0 Å². The van der Waals surface area contributed by atoms with E-state index >= 15 is 0 Å². The van der Waals surface area contributed by atoms with E-state index in [9.17, 15) is 5.21 Å². The van der Waals surface area contributed by atoms with Crippen molar-refractivity contribution in [1.82, 2.24) is 0 Å². The Bertz CT molecular complexity index is 491. The number of anilines is 1. The van der Waals surface area contributed by atoms with E-state index in [0.29, 0.717) is 0 Å². The molecule has 0 heterocycles. The van der Waals surface area contributed by atoms with Crippen molar-refractivity contribution >= 4 is 11.4 Å². The highest BCUT2D eigenvalue weighted by atomic mass is 16.4. The molecule has 1 aliphatic carbocycles. The van der Waals surface area contributed by atoms with Crippen molar-refractivity contribution in [2.75, 3.05) is 5.32 Å². The molecule has 0 bridgehead atoms. The fraction of sp³-hybridized carbons (Fsp3) is 0.389. The third kappa shape index (κ3) is 5.46. The summed E-state index contributed by atoms with van der Waals surface area (Å²) in [6, 6.07) is 10.2. The van der Waals surface area contributed by atoms with Crippen LogP contribution in [0.5, 0.6) is 0 Å². The van der Waals surface area contributed by atoms with Crippen molar-refractivity contribution in [1.29, 1.82) is 0 Å². The van der Waals surface area contributed by atoms with Crippen LogP contribution in [0.15, 0.2) is 59.8 Å². The van der Waals surface area contributed by atoms with Crippen molar-refractivity contribution in [3.05, 3.63) is 54.6 Å². The number of para-hydroxylation sites is 1. The van der Waals surface area contributed by atoms with E-state index in [2.05, 4.69) is 34.8 Å². The molecule has 0 aliphatic heterocycles. The standard InChI is InChI=1S/C18H24N2O/c21-20-18-15-11-6-4-2-1-3-5-10-14-17(18)19-16-12-8-7-9-13-16/h3-9,12-13,17,19,21H,1-2,10-11,14-15H2/b5-3+,6-4+,20-18+/t17-/m1/s1. The van der Waals surface area contributed by atoms with Gasteiger partial charge in [-0.25, -0.2) is 0 Å². The van der Waals surface area contributed by atoms with Crippen LogP contribution in [0.4, 0.5) is 5.69 Å². The Balaban J connectivity index is 2.08. The average Bonchev–Trinajstić information content (AvgIpc) is 2.51. The van der Waals surface area contributed by atoms with Crippen molar-refractivity contribution in [2.45, 2.75) is 44.6 Å². The fourth-order valence-electron chi connectivity index (χ4n) is 2.51. The Morgan fingerprint density at radius 3 is 2.29 bits per heavy atom. The molecule has 1 aromatic rings. The summed E-state index contributed by atoms with van der Waals surface area (Å²) < 4.78 is 0. The van der Waals surface area contributed by atoms with E-state index in [1.165, 1.54) is 0 Å². The van der Waals surface area contributed by atoms with Gasteiger partial charge in [0.05, 0.1) is 11.8 Å². The molecule has 2 rings (SSSR count). The number of rotatable bonds is 2. The fourth-order valence-corrected chi connectivity index (χ4v) is 2.51. The Hall–Kier alpha value is -2.03. The molecule has 21 heavy (non-hydrogen) atoms. The van der Waals surface area contributed by atoms with Gasteiger partial charge in [0, 0.05) is 5.69 Å². The van der Waals surface area contributed by atoms with Crippen molar-refractivity contribution in [3.8, 4) is 0 Å². The maximum absolute atomic E-state index is 9.35. The Morgan fingerprint density at radius 2 is 1.57 bits per heavy atom. The summed E-state index contributed by atoms with van der Waals surface area (Å²) >= 11 is 0. The summed E-state index contributed by atoms with van der Waals surface area (Å²) in [4.78, 5) is 0. The summed E-state index contributed by atoms with van der Waals surface area (Å²) in [7, 11) is 0. The second kappa shape index (κ2) is 9.01. The van der Waals surface area contributed by atoms with Gasteiger partial charge in [-0.05, 0) is 50.7 Å². The molecule has 112 valence electrons. The Kier molecular flexibility index (Phi) is 6.59. The van der Waals surface area contributed by atoms with Gasteiger partial charge in [0.2, 0.25) is 0 Å². The molecule has 1 aromatic carbocycles. The van der Waals surface area contributed by atoms with Gasteiger partial charge in [-0.2, -0.15) is 0 Å². The normalized spacial score (nSPS) is 25.5. The summed E-state index contributed by atoms with van der Waals surface area (Å²) in [5, 5.41) is 16.4. The average molecular weight is 284 g/mol. The van der Waals surface area contributed by atoms with Crippen molar-refractivity contribution < 1.29 is 5.21 Å². The maximum Gasteiger partial charge on any atom is 0.0795 e. The minimum atomic E-state index is 0.0786. The first kappa shape index (κ1) is 15.4. The minimum Gasteiger partial charge on any atom is -0.411 e. The van der Waals surface area contributed by atoms with Gasteiger partial charge in [0.1, 0.15) is 0 Å². The Labute approximate surface area is 127 Å². The monoisotopic (exact) mass is 284 g/mol. The molecule has 0 aromatic heterocycles. The predicted octanol–water partition coefficient (Wildman–Crippen LogP) is 4.76. The van der Waals surface area contributed by atoms with E-state index in [1.807, 2.05) is 30.3 Å². The number of hydrogen-bond acceptors (Lipinski definition) is 3. The van der Waals surface area contributed by atoms with Crippen LogP contribution in [0.3, 0.4) is 0 Å². The number of oxime groups is 1. The molecule has 0 radical (unpaired) electrons. The second-order valence-corrected chi connectivity index (χ2v) is 5.29. The van der Waals surface area contributed by atoms with Gasteiger partial charge in [-0.15, -0.1) is 0 Å². The summed E-state index contributed by atoms with van der Waals surface area (Å²) in [5.74, 6) is 0. The lowest BCUT2D eigenvalue weighted by Gasteiger charge is -2.20. The minimum absolute atomic E-state index is 0.0786. The quantitative estimate of drug-likeness (QED) is 0.467. The van der Waals surface area contributed by atoms with Crippen LogP contribution in [0, 0.1) is 0 Å². The molecule has 0 unspecified atom stereocenters. The molecule has 0 spiro atoms. The first-order chi connectivity index (χ1) is 10.4. The zero-order valence-corrected chi connectivity index (χ0v) is 12.4. The first-order valence-corrected chi connectivity index (χ1v) is 7.72. The first-order valence-electron chi connectivity index (χ1n) is 7.72. The molecular formula is C18H24N2O. The van der Waals surface area contributed by atoms with Gasteiger partial charge in [-0.3, -0.25) is 0 Å². The molecular weight excluding hydrogens is 260 g/mol. The molecule has 3 nitrogen and oxygen atoms in total. The lowest BCUT2D eigenvalue weighted by atomic mass is 10.00. The number of hydrogen-bond donors (Lipinski definition) is 2. The van der Waals surface area contributed by atoms with Crippen LogP contribution in [0.2, 0.25) is 0 Å². The van der Waals surface area contributed by atoms with Gasteiger partial charge in [-0.1, -0.05) is 47.7 Å². The van der Waals surface area contributed by atoms with E-state index in [0.717, 1.165) is 49.9 Å². The van der Waals surface area contributed by atoms with Crippen LogP contribution in [-0.2, 0) is 0 Å². The lowest BCUT2D eigenvalue weighted by molar-refractivity contribution is 0.315. The maximum atomic E-state index is 9.35. The van der Waals surface area contributed by atoms with E-state index < -0.39 is 0 Å². The third-order valence-corrected chi connectivity index (χ3v) is 3.67. The van der Waals surface area contributed by atoms with Gasteiger partial charge in [0.15, 0.2) is 0 Å². The molecule has 1 atom stereocenters. The van der Waals surface area contributed by atoms with E-state index in [1.54, 1.807) is 0 Å². The van der Waals surface area contributed by atoms with E-state index in [4.69, 9.17) is 0 Å². The highest BCUT2D eigenvalue weighted by molar-refractivity contribution is 5.91. The second-order valence-electron chi connectivity index (χ2n) is 5.29. The smallest absolute Gasteiger partial charge is 0.0795 e. The molecule has 0 saturated carbocycles. The zero-order valence-electron chi connectivity index (χ0n) is 12.4. The summed E-state index contributed by atoms with van der Waals surface area (Å²) in [5.41, 5.74) is 1.90. The third-order valence-electron chi connectivity index (χ3n) is 3.67. The lowest BCUT2D eigenvalue weighted by Crippen LogP contribution is -2.29. The van der Waals surface area contributed by atoms with Crippen LogP contribution < -0.4 is 5.32 Å². The van der Waals surface area contributed by atoms with Crippen molar-refractivity contribution in [2.24, 2.45) is 5.16 Å². The zero-order chi connectivity index (χ0) is 14.8. The number of allylic oxidation sites excluding steroid dienone is 4. The largest absolute Gasteiger partial charge is 0.411 e. The van der Waals surface area contributed by atoms with Gasteiger partial charge < -0.3 is 10.5 Å². The Morgan fingerprint density at radius 1 is 0.905 bits per heavy atom.